The SMILES string of the molecule is CCOc1ccc(NC(=O)CN(c2cccc(C)c2C)S(=O)(=O)c2c(C)cccc2Cl)cc1. The summed E-state index contributed by atoms with van der Waals surface area (Å²) in [4.78, 5) is 13.0. The molecule has 0 aromatic heterocycles. The van der Waals surface area contributed by atoms with Gasteiger partial charge in [-0.3, -0.25) is 9.10 Å². The van der Waals surface area contributed by atoms with Crippen LogP contribution in [0.4, 0.5) is 11.4 Å². The number of hydrogen-bond acceptors (Lipinski definition) is 4. The fourth-order valence-corrected chi connectivity index (χ4v) is 5.76. The third kappa shape index (κ3) is 5.49. The number of halogens is 1. The first-order chi connectivity index (χ1) is 15.6. The van der Waals surface area contributed by atoms with Crippen molar-refractivity contribution >= 4 is 38.9 Å². The number of carbonyl (C=O) groups excluding carboxylic acids is 1. The van der Waals surface area contributed by atoms with Gasteiger partial charge in [-0.1, -0.05) is 35.9 Å². The first kappa shape index (κ1) is 24.6. The summed E-state index contributed by atoms with van der Waals surface area (Å²) in [5.41, 5.74) is 3.15. The molecule has 0 saturated carbocycles. The van der Waals surface area contributed by atoms with Gasteiger partial charge in [-0.2, -0.15) is 0 Å². The standard InChI is InChI=1S/C25H27ClN2O4S/c1-5-32-21-14-12-20(13-15-21)27-24(29)16-28(23-11-7-8-17(2)19(23)4)33(30,31)25-18(3)9-6-10-22(25)26/h6-15H,5,16H2,1-4H3,(H,27,29). The average molecular weight is 487 g/mol. The second kappa shape index (κ2) is 10.3. The number of sulfonamides is 1. The minimum absolute atomic E-state index is 0.0126. The summed E-state index contributed by atoms with van der Waals surface area (Å²) in [6, 6.07) is 17.2. The number of anilines is 2. The number of hydrogen-bond donors (Lipinski definition) is 1. The highest BCUT2D eigenvalue weighted by Crippen LogP contribution is 2.33. The Balaban J connectivity index is 1.99. The number of aryl methyl sites for hydroxylation is 2. The molecule has 0 aliphatic rings. The fraction of sp³-hybridized carbons (Fsp3) is 0.240. The summed E-state index contributed by atoms with van der Waals surface area (Å²) in [5, 5.41) is 2.87. The maximum atomic E-state index is 13.8. The summed E-state index contributed by atoms with van der Waals surface area (Å²) in [5.74, 6) is 0.206. The summed E-state index contributed by atoms with van der Waals surface area (Å²) in [6.45, 7) is 7.42. The van der Waals surface area contributed by atoms with Crippen LogP contribution in [0.2, 0.25) is 5.02 Å². The Morgan fingerprint density at radius 1 is 0.970 bits per heavy atom. The highest BCUT2D eigenvalue weighted by molar-refractivity contribution is 7.93. The molecule has 0 aliphatic carbocycles. The van der Waals surface area contributed by atoms with Crippen LogP contribution >= 0.6 is 11.6 Å². The number of carbonyl (C=O) groups is 1. The van der Waals surface area contributed by atoms with E-state index in [4.69, 9.17) is 16.3 Å². The van der Waals surface area contributed by atoms with Crippen molar-refractivity contribution in [1.82, 2.24) is 0 Å². The van der Waals surface area contributed by atoms with Gasteiger partial charge in [0.15, 0.2) is 0 Å². The lowest BCUT2D eigenvalue weighted by Gasteiger charge is -2.27. The maximum absolute atomic E-state index is 13.8. The second-order valence-electron chi connectivity index (χ2n) is 7.62. The van der Waals surface area contributed by atoms with E-state index in [0.717, 1.165) is 15.4 Å². The van der Waals surface area contributed by atoms with Gasteiger partial charge in [-0.05, 0) is 80.8 Å². The van der Waals surface area contributed by atoms with Crippen LogP contribution in [0.5, 0.6) is 5.75 Å². The molecule has 0 spiro atoms. The monoisotopic (exact) mass is 486 g/mol. The van der Waals surface area contributed by atoms with Crippen molar-refractivity contribution in [2.24, 2.45) is 0 Å². The average Bonchev–Trinajstić information content (AvgIpc) is 2.75. The van der Waals surface area contributed by atoms with Crippen LogP contribution in [-0.2, 0) is 14.8 Å². The Bertz CT molecular complexity index is 1240. The first-order valence-corrected chi connectivity index (χ1v) is 12.3. The van der Waals surface area contributed by atoms with Crippen molar-refractivity contribution in [3.63, 3.8) is 0 Å². The summed E-state index contributed by atoms with van der Waals surface area (Å²) >= 11 is 6.31. The third-order valence-electron chi connectivity index (χ3n) is 5.29. The van der Waals surface area contributed by atoms with Crippen molar-refractivity contribution in [3.05, 3.63) is 82.4 Å². The van der Waals surface area contributed by atoms with Gasteiger partial charge in [0.05, 0.1) is 17.3 Å². The Labute approximate surface area is 200 Å². The molecular formula is C25H27ClN2O4S. The van der Waals surface area contributed by atoms with Crippen LogP contribution in [0, 0.1) is 20.8 Å². The lowest BCUT2D eigenvalue weighted by atomic mass is 10.1. The van der Waals surface area contributed by atoms with Crippen LogP contribution < -0.4 is 14.4 Å². The molecule has 0 radical (unpaired) electrons. The van der Waals surface area contributed by atoms with Gasteiger partial charge < -0.3 is 10.1 Å². The molecule has 3 aromatic rings. The molecule has 8 heteroatoms. The topological polar surface area (TPSA) is 75.7 Å². The molecule has 0 fully saturated rings. The van der Waals surface area contributed by atoms with Gasteiger partial charge in [0.1, 0.15) is 17.2 Å². The third-order valence-corrected chi connectivity index (χ3v) is 7.68. The highest BCUT2D eigenvalue weighted by Gasteiger charge is 2.31. The molecule has 3 aromatic carbocycles. The minimum Gasteiger partial charge on any atom is -0.494 e. The van der Waals surface area contributed by atoms with Crippen LogP contribution in [-0.4, -0.2) is 27.5 Å². The summed E-state index contributed by atoms with van der Waals surface area (Å²) in [7, 11) is -4.14. The molecule has 0 unspecified atom stereocenters. The Morgan fingerprint density at radius 3 is 2.24 bits per heavy atom. The Morgan fingerprint density at radius 2 is 1.61 bits per heavy atom. The van der Waals surface area contributed by atoms with E-state index >= 15 is 0 Å². The molecule has 1 N–H and O–H groups in total. The van der Waals surface area contributed by atoms with Crippen molar-refractivity contribution in [2.45, 2.75) is 32.6 Å². The lowest BCUT2D eigenvalue weighted by Crippen LogP contribution is -2.39. The molecular weight excluding hydrogens is 460 g/mol. The molecule has 0 bridgehead atoms. The lowest BCUT2D eigenvalue weighted by molar-refractivity contribution is -0.114. The maximum Gasteiger partial charge on any atom is 0.266 e. The molecule has 0 aliphatic heterocycles. The van der Waals surface area contributed by atoms with E-state index in [1.807, 2.05) is 26.8 Å². The summed E-state index contributed by atoms with van der Waals surface area (Å²) in [6.07, 6.45) is 0. The minimum atomic E-state index is -4.14. The van der Waals surface area contributed by atoms with Crippen LogP contribution in [0.25, 0.3) is 0 Å². The number of rotatable bonds is 8. The summed E-state index contributed by atoms with van der Waals surface area (Å²) < 4.78 is 34.1. The highest BCUT2D eigenvalue weighted by atomic mass is 35.5. The van der Waals surface area contributed by atoms with Gasteiger partial charge in [0.2, 0.25) is 5.91 Å². The smallest absolute Gasteiger partial charge is 0.266 e. The van der Waals surface area contributed by atoms with Gasteiger partial charge in [-0.25, -0.2) is 8.42 Å². The number of amides is 1. The first-order valence-electron chi connectivity index (χ1n) is 10.5. The van der Waals surface area contributed by atoms with Gasteiger partial charge in [0.25, 0.3) is 10.0 Å². The zero-order chi connectivity index (χ0) is 24.2. The van der Waals surface area contributed by atoms with E-state index in [1.165, 1.54) is 6.07 Å². The van der Waals surface area contributed by atoms with E-state index in [-0.39, 0.29) is 9.92 Å². The van der Waals surface area contributed by atoms with Gasteiger partial charge in [-0.15, -0.1) is 0 Å². The fourth-order valence-electron chi connectivity index (χ4n) is 3.49. The molecule has 0 heterocycles. The molecule has 0 atom stereocenters. The molecule has 0 saturated heterocycles. The Hall–Kier alpha value is -3.03. The van der Waals surface area contributed by atoms with Crippen LogP contribution in [0.1, 0.15) is 23.6 Å². The van der Waals surface area contributed by atoms with E-state index in [1.54, 1.807) is 55.5 Å². The molecule has 1 amide bonds. The second-order valence-corrected chi connectivity index (χ2v) is 9.83. The number of benzene rings is 3. The number of nitrogens with one attached hydrogen (secondary N) is 1. The molecule has 3 rings (SSSR count). The van der Waals surface area contributed by atoms with Crippen molar-refractivity contribution in [1.29, 1.82) is 0 Å². The van der Waals surface area contributed by atoms with Crippen LogP contribution in [0.15, 0.2) is 65.6 Å². The van der Waals surface area contributed by atoms with Crippen molar-refractivity contribution in [2.75, 3.05) is 22.8 Å². The van der Waals surface area contributed by atoms with E-state index < -0.39 is 22.5 Å². The number of nitrogens with zero attached hydrogens (tertiary/aromatic N) is 1. The van der Waals surface area contributed by atoms with Crippen molar-refractivity contribution < 1.29 is 17.9 Å². The normalized spacial score (nSPS) is 11.2. The molecule has 33 heavy (non-hydrogen) atoms. The number of ether oxygens (including phenoxy) is 1. The Kier molecular flexibility index (Phi) is 7.66. The predicted molar refractivity (Wildman–Crippen MR) is 133 cm³/mol. The van der Waals surface area contributed by atoms with E-state index in [0.29, 0.717) is 29.3 Å². The van der Waals surface area contributed by atoms with Gasteiger partial charge >= 0.3 is 0 Å². The predicted octanol–water partition coefficient (Wildman–Crippen LogP) is 5.50. The zero-order valence-corrected chi connectivity index (χ0v) is 20.6. The van der Waals surface area contributed by atoms with E-state index in [2.05, 4.69) is 5.32 Å². The largest absolute Gasteiger partial charge is 0.494 e. The van der Waals surface area contributed by atoms with Crippen molar-refractivity contribution in [3.8, 4) is 5.75 Å². The van der Waals surface area contributed by atoms with Crippen LogP contribution in [0.3, 0.4) is 0 Å². The molecule has 6 nitrogen and oxygen atoms in total. The van der Waals surface area contributed by atoms with Gasteiger partial charge in [0, 0.05) is 5.69 Å². The zero-order valence-electron chi connectivity index (χ0n) is 19.1. The quantitative estimate of drug-likeness (QED) is 0.456. The molecule has 174 valence electrons. The van der Waals surface area contributed by atoms with E-state index in [9.17, 15) is 13.2 Å².